The molecule has 0 aliphatic rings. The van der Waals surface area contributed by atoms with Gasteiger partial charge < -0.3 is 4.79 Å². The van der Waals surface area contributed by atoms with E-state index in [2.05, 4.69) is 45.0 Å². The Morgan fingerprint density at radius 1 is 1.22 bits per heavy atom. The zero-order valence-corrected chi connectivity index (χ0v) is 12.2. The zero-order chi connectivity index (χ0) is 13.6. The average molecular weight is 246 g/mol. The molecule has 1 aromatic carbocycles. The third kappa shape index (κ3) is 4.29. The van der Waals surface area contributed by atoms with Crippen molar-refractivity contribution in [2.45, 2.75) is 58.8 Å². The summed E-state index contributed by atoms with van der Waals surface area (Å²) in [6.07, 6.45) is 5.63. The number of aldehydes is 1. The van der Waals surface area contributed by atoms with Gasteiger partial charge in [-0.05, 0) is 29.4 Å². The molecule has 0 saturated carbocycles. The predicted octanol–water partition coefficient (Wildman–Crippen LogP) is 4.53. The van der Waals surface area contributed by atoms with E-state index in [-0.39, 0.29) is 11.3 Å². The second-order valence-electron chi connectivity index (χ2n) is 6.00. The van der Waals surface area contributed by atoms with Gasteiger partial charge in [-0.25, -0.2) is 0 Å². The van der Waals surface area contributed by atoms with Crippen LogP contribution in [0.2, 0.25) is 0 Å². The van der Waals surface area contributed by atoms with Crippen molar-refractivity contribution in [2.24, 2.45) is 5.92 Å². The second-order valence-corrected chi connectivity index (χ2v) is 6.00. The normalized spacial score (nSPS) is 13.3. The van der Waals surface area contributed by atoms with Crippen LogP contribution in [-0.4, -0.2) is 6.29 Å². The molecule has 0 saturated heterocycles. The number of hydrogen-bond acceptors (Lipinski definition) is 1. The fourth-order valence-electron chi connectivity index (χ4n) is 2.27. The fraction of sp³-hybridized carbons (Fsp3) is 0.588. The van der Waals surface area contributed by atoms with Gasteiger partial charge in [0.2, 0.25) is 0 Å². The summed E-state index contributed by atoms with van der Waals surface area (Å²) in [7, 11) is 0. The third-order valence-electron chi connectivity index (χ3n) is 3.68. The number of hydrogen-bond donors (Lipinski definition) is 0. The summed E-state index contributed by atoms with van der Waals surface area (Å²) in [4.78, 5) is 10.7. The summed E-state index contributed by atoms with van der Waals surface area (Å²) >= 11 is 0. The molecule has 0 radical (unpaired) electrons. The summed E-state index contributed by atoms with van der Waals surface area (Å²) in [6.45, 7) is 8.82. The molecule has 0 bridgehead atoms. The quantitative estimate of drug-likeness (QED) is 0.646. The number of rotatable bonds is 7. The zero-order valence-electron chi connectivity index (χ0n) is 12.2. The van der Waals surface area contributed by atoms with Gasteiger partial charge in [-0.2, -0.15) is 0 Å². The third-order valence-corrected chi connectivity index (χ3v) is 3.68. The van der Waals surface area contributed by atoms with Crippen LogP contribution in [0, 0.1) is 5.92 Å². The topological polar surface area (TPSA) is 17.1 Å². The highest BCUT2D eigenvalue weighted by Crippen LogP contribution is 2.29. The lowest BCUT2D eigenvalue weighted by atomic mass is 9.80. The maximum atomic E-state index is 10.7. The van der Waals surface area contributed by atoms with Gasteiger partial charge in [0, 0.05) is 5.92 Å². The first-order valence-electron chi connectivity index (χ1n) is 7.04. The average Bonchev–Trinajstić information content (AvgIpc) is 2.37. The Hall–Kier alpha value is -1.11. The van der Waals surface area contributed by atoms with Gasteiger partial charge in [-0.1, -0.05) is 64.8 Å². The van der Waals surface area contributed by atoms with Crippen molar-refractivity contribution in [1.29, 1.82) is 0 Å². The van der Waals surface area contributed by atoms with Gasteiger partial charge in [0.05, 0.1) is 0 Å². The Balaban J connectivity index is 2.72. The minimum atomic E-state index is 0.115. The van der Waals surface area contributed by atoms with Crippen LogP contribution >= 0.6 is 0 Å². The molecule has 0 N–H and O–H groups in total. The van der Waals surface area contributed by atoms with Crippen LogP contribution in [0.15, 0.2) is 24.3 Å². The van der Waals surface area contributed by atoms with Gasteiger partial charge in [-0.3, -0.25) is 0 Å². The Kier molecular flexibility index (Phi) is 5.58. The summed E-state index contributed by atoms with van der Waals surface area (Å²) in [5, 5.41) is 0. The first-order chi connectivity index (χ1) is 8.49. The summed E-state index contributed by atoms with van der Waals surface area (Å²) in [6, 6.07) is 8.79. The highest BCUT2D eigenvalue weighted by atomic mass is 16.1. The summed E-state index contributed by atoms with van der Waals surface area (Å²) in [5.74, 6) is 0.115. The maximum absolute atomic E-state index is 10.7. The largest absolute Gasteiger partial charge is 0.303 e. The van der Waals surface area contributed by atoms with Crippen molar-refractivity contribution in [3.8, 4) is 0 Å². The van der Waals surface area contributed by atoms with E-state index in [1.54, 1.807) is 0 Å². The molecule has 1 rings (SSSR count). The molecule has 0 amide bonds. The Morgan fingerprint density at radius 2 is 1.83 bits per heavy atom. The smallest absolute Gasteiger partial charge is 0.123 e. The Labute approximate surface area is 112 Å². The van der Waals surface area contributed by atoms with E-state index in [0.29, 0.717) is 0 Å². The van der Waals surface area contributed by atoms with Gasteiger partial charge >= 0.3 is 0 Å². The molecule has 18 heavy (non-hydrogen) atoms. The monoisotopic (exact) mass is 246 g/mol. The molecule has 1 unspecified atom stereocenters. The van der Waals surface area contributed by atoms with E-state index in [1.165, 1.54) is 30.4 Å². The molecule has 0 fully saturated rings. The van der Waals surface area contributed by atoms with Gasteiger partial charge in [0.15, 0.2) is 0 Å². The van der Waals surface area contributed by atoms with E-state index in [4.69, 9.17) is 0 Å². The van der Waals surface area contributed by atoms with Crippen molar-refractivity contribution >= 4 is 6.29 Å². The first-order valence-corrected chi connectivity index (χ1v) is 7.04. The number of benzene rings is 1. The van der Waals surface area contributed by atoms with Crippen molar-refractivity contribution in [1.82, 2.24) is 0 Å². The molecule has 0 aliphatic carbocycles. The molecule has 1 aromatic rings. The Morgan fingerprint density at radius 3 is 2.33 bits per heavy atom. The van der Waals surface area contributed by atoms with Crippen LogP contribution in [0.3, 0.4) is 0 Å². The molecule has 1 heteroatoms. The van der Waals surface area contributed by atoms with E-state index in [0.717, 1.165) is 12.7 Å². The van der Waals surface area contributed by atoms with Crippen LogP contribution in [0.5, 0.6) is 0 Å². The minimum Gasteiger partial charge on any atom is -0.303 e. The molecule has 0 aliphatic heterocycles. The van der Waals surface area contributed by atoms with E-state index >= 15 is 0 Å². The van der Waals surface area contributed by atoms with Crippen molar-refractivity contribution in [3.05, 3.63) is 35.4 Å². The fourth-order valence-corrected chi connectivity index (χ4v) is 2.27. The standard InChI is InChI=1S/C17H26O/c1-5-6-11-17(3,4)16-9-7-15(8-10-16)12-14(2)13-18/h7-10,13-14H,5-6,11-12H2,1-4H3. The van der Waals surface area contributed by atoms with Crippen molar-refractivity contribution in [3.63, 3.8) is 0 Å². The number of carbonyl (C=O) groups excluding carboxylic acids is 1. The van der Waals surface area contributed by atoms with Crippen LogP contribution in [-0.2, 0) is 16.6 Å². The summed E-state index contributed by atoms with van der Waals surface area (Å²) < 4.78 is 0. The maximum Gasteiger partial charge on any atom is 0.123 e. The van der Waals surface area contributed by atoms with Crippen LogP contribution in [0.1, 0.15) is 58.1 Å². The first kappa shape index (κ1) is 14.9. The van der Waals surface area contributed by atoms with Crippen LogP contribution in [0.25, 0.3) is 0 Å². The molecule has 0 heterocycles. The second kappa shape index (κ2) is 6.72. The van der Waals surface area contributed by atoms with Crippen LogP contribution < -0.4 is 0 Å². The van der Waals surface area contributed by atoms with Gasteiger partial charge in [0.25, 0.3) is 0 Å². The summed E-state index contributed by atoms with van der Waals surface area (Å²) in [5.41, 5.74) is 2.91. The van der Waals surface area contributed by atoms with E-state index in [9.17, 15) is 4.79 Å². The highest BCUT2D eigenvalue weighted by molar-refractivity contribution is 5.53. The predicted molar refractivity (Wildman–Crippen MR) is 77.9 cm³/mol. The molecule has 1 nitrogen and oxygen atoms in total. The SMILES string of the molecule is CCCCC(C)(C)c1ccc(CC(C)C=O)cc1. The van der Waals surface area contributed by atoms with Crippen molar-refractivity contribution in [2.75, 3.05) is 0 Å². The molecule has 1 atom stereocenters. The van der Waals surface area contributed by atoms with E-state index < -0.39 is 0 Å². The van der Waals surface area contributed by atoms with Crippen LogP contribution in [0.4, 0.5) is 0 Å². The molecule has 0 aromatic heterocycles. The minimum absolute atomic E-state index is 0.115. The number of unbranched alkanes of at least 4 members (excludes halogenated alkanes) is 1. The lowest BCUT2D eigenvalue weighted by Gasteiger charge is -2.25. The van der Waals surface area contributed by atoms with Crippen molar-refractivity contribution < 1.29 is 4.79 Å². The number of carbonyl (C=O) groups is 1. The molecular weight excluding hydrogens is 220 g/mol. The van der Waals surface area contributed by atoms with Gasteiger partial charge in [0.1, 0.15) is 6.29 Å². The highest BCUT2D eigenvalue weighted by Gasteiger charge is 2.19. The lowest BCUT2D eigenvalue weighted by molar-refractivity contribution is -0.110. The van der Waals surface area contributed by atoms with E-state index in [1.807, 2.05) is 6.92 Å². The Bertz CT molecular complexity index is 362. The molecule has 100 valence electrons. The lowest BCUT2D eigenvalue weighted by Crippen LogP contribution is -2.16. The molecule has 0 spiro atoms. The molecular formula is C17H26O. The van der Waals surface area contributed by atoms with Gasteiger partial charge in [-0.15, -0.1) is 0 Å².